The molecule has 106 valence electrons. The van der Waals surface area contributed by atoms with Crippen LogP contribution in [0.15, 0.2) is 29.2 Å². The molecule has 7 heteroatoms. The standard InChI is InChI=1S/C12H15F2NO3S/c13-12(14)19(17,18)11-3-1-9(2-4-11)7-15-6-5-10(16)8-15/h1-4,10,12,16H,5-8H2/t10-/m0/s1. The highest BCUT2D eigenvalue weighted by molar-refractivity contribution is 7.91. The second-order valence-electron chi connectivity index (χ2n) is 4.63. The van der Waals surface area contributed by atoms with Gasteiger partial charge in [-0.05, 0) is 24.1 Å². The van der Waals surface area contributed by atoms with Crippen molar-refractivity contribution in [2.75, 3.05) is 13.1 Å². The Hall–Kier alpha value is -1.05. The molecular weight excluding hydrogens is 276 g/mol. The summed E-state index contributed by atoms with van der Waals surface area (Å²) in [5.41, 5.74) is 0.835. The van der Waals surface area contributed by atoms with Crippen molar-refractivity contribution in [1.82, 2.24) is 4.90 Å². The number of β-amino-alcohol motifs (C(OH)–C–C–N with tert-alkyl or cyclic N) is 1. The van der Waals surface area contributed by atoms with Gasteiger partial charge in [-0.25, -0.2) is 8.42 Å². The van der Waals surface area contributed by atoms with Crippen molar-refractivity contribution in [3.05, 3.63) is 29.8 Å². The van der Waals surface area contributed by atoms with Crippen molar-refractivity contribution in [2.24, 2.45) is 0 Å². The van der Waals surface area contributed by atoms with E-state index in [0.717, 1.165) is 18.5 Å². The van der Waals surface area contributed by atoms with Gasteiger partial charge in [0.2, 0.25) is 9.84 Å². The number of rotatable bonds is 4. The second-order valence-corrected chi connectivity index (χ2v) is 6.54. The maximum Gasteiger partial charge on any atom is 0.341 e. The molecule has 0 amide bonds. The molecular formula is C12H15F2NO3S. The van der Waals surface area contributed by atoms with Gasteiger partial charge >= 0.3 is 5.76 Å². The summed E-state index contributed by atoms with van der Waals surface area (Å²) in [6.45, 7) is 1.93. The zero-order valence-electron chi connectivity index (χ0n) is 10.2. The molecule has 2 rings (SSSR count). The molecule has 0 unspecified atom stereocenters. The van der Waals surface area contributed by atoms with E-state index in [1.54, 1.807) is 0 Å². The highest BCUT2D eigenvalue weighted by Crippen LogP contribution is 2.20. The molecule has 19 heavy (non-hydrogen) atoms. The smallest absolute Gasteiger partial charge is 0.341 e. The van der Waals surface area contributed by atoms with Crippen LogP contribution in [0.5, 0.6) is 0 Å². The van der Waals surface area contributed by atoms with E-state index in [4.69, 9.17) is 0 Å². The minimum Gasteiger partial charge on any atom is -0.392 e. The predicted octanol–water partition coefficient (Wildman–Crippen LogP) is 1.25. The second kappa shape index (κ2) is 5.52. The molecule has 0 radical (unpaired) electrons. The van der Waals surface area contributed by atoms with Crippen LogP contribution in [0.25, 0.3) is 0 Å². The summed E-state index contributed by atoms with van der Waals surface area (Å²) in [4.78, 5) is 1.66. The van der Waals surface area contributed by atoms with Crippen molar-refractivity contribution < 1.29 is 22.3 Å². The Morgan fingerprint density at radius 2 is 1.95 bits per heavy atom. The van der Waals surface area contributed by atoms with E-state index in [2.05, 4.69) is 0 Å². The van der Waals surface area contributed by atoms with E-state index in [-0.39, 0.29) is 11.0 Å². The van der Waals surface area contributed by atoms with E-state index >= 15 is 0 Å². The highest BCUT2D eigenvalue weighted by atomic mass is 32.2. The molecule has 1 aromatic rings. The molecule has 1 heterocycles. The largest absolute Gasteiger partial charge is 0.392 e. The van der Waals surface area contributed by atoms with Gasteiger partial charge < -0.3 is 5.11 Å². The molecule has 0 aliphatic carbocycles. The van der Waals surface area contributed by atoms with Crippen molar-refractivity contribution in [3.63, 3.8) is 0 Å². The predicted molar refractivity (Wildman–Crippen MR) is 65.5 cm³/mol. The lowest BCUT2D eigenvalue weighted by molar-refractivity contribution is 0.175. The van der Waals surface area contributed by atoms with Crippen molar-refractivity contribution in [3.8, 4) is 0 Å². The van der Waals surface area contributed by atoms with Gasteiger partial charge in [0.15, 0.2) is 0 Å². The lowest BCUT2D eigenvalue weighted by atomic mass is 10.2. The van der Waals surface area contributed by atoms with E-state index in [9.17, 15) is 22.3 Å². The Morgan fingerprint density at radius 3 is 2.42 bits per heavy atom. The van der Waals surface area contributed by atoms with Gasteiger partial charge in [-0.3, -0.25) is 4.90 Å². The zero-order valence-corrected chi connectivity index (χ0v) is 11.0. The van der Waals surface area contributed by atoms with Gasteiger partial charge in [0.05, 0.1) is 11.0 Å². The van der Waals surface area contributed by atoms with E-state index < -0.39 is 15.6 Å². The molecule has 1 aliphatic rings. The molecule has 0 bridgehead atoms. The normalized spacial score (nSPS) is 21.2. The first-order valence-electron chi connectivity index (χ1n) is 5.91. The fourth-order valence-corrected chi connectivity index (χ4v) is 2.82. The SMILES string of the molecule is O=S(=O)(c1ccc(CN2CC[C@H](O)C2)cc1)C(F)F. The van der Waals surface area contributed by atoms with Crippen LogP contribution in [0.3, 0.4) is 0 Å². The van der Waals surface area contributed by atoms with Crippen molar-refractivity contribution >= 4 is 9.84 Å². The number of nitrogens with zero attached hydrogens (tertiary/aromatic N) is 1. The third kappa shape index (κ3) is 3.29. The number of halogens is 2. The molecule has 0 aromatic heterocycles. The summed E-state index contributed by atoms with van der Waals surface area (Å²) < 4.78 is 47.2. The number of aliphatic hydroxyl groups is 1. The van der Waals surface area contributed by atoms with E-state index in [1.807, 2.05) is 4.90 Å². The Balaban J connectivity index is 2.07. The number of likely N-dealkylation sites (tertiary alicyclic amines) is 1. The fourth-order valence-electron chi connectivity index (χ4n) is 2.10. The minimum atomic E-state index is -4.52. The first-order chi connectivity index (χ1) is 8.89. The Kier molecular flexibility index (Phi) is 4.17. The number of benzene rings is 1. The molecule has 4 nitrogen and oxygen atoms in total. The summed E-state index contributed by atoms with van der Waals surface area (Å²) in [6.07, 6.45) is 0.399. The highest BCUT2D eigenvalue weighted by Gasteiger charge is 2.26. The zero-order chi connectivity index (χ0) is 14.0. The molecule has 0 saturated carbocycles. The van der Waals surface area contributed by atoms with Crippen LogP contribution in [-0.2, 0) is 16.4 Å². The van der Waals surface area contributed by atoms with Gasteiger partial charge in [0.1, 0.15) is 0 Å². The lowest BCUT2D eigenvalue weighted by Gasteiger charge is -2.15. The number of aliphatic hydroxyl groups excluding tert-OH is 1. The third-order valence-electron chi connectivity index (χ3n) is 3.14. The summed E-state index contributed by atoms with van der Waals surface area (Å²) in [5.74, 6) is -3.40. The quantitative estimate of drug-likeness (QED) is 0.907. The van der Waals surface area contributed by atoms with Gasteiger partial charge in [0, 0.05) is 19.6 Å². The van der Waals surface area contributed by atoms with Gasteiger partial charge in [0.25, 0.3) is 0 Å². The van der Waals surface area contributed by atoms with E-state index in [1.165, 1.54) is 24.3 Å². The molecule has 1 aromatic carbocycles. The summed E-state index contributed by atoms with van der Waals surface area (Å²) in [6, 6.07) is 5.45. The first-order valence-corrected chi connectivity index (χ1v) is 7.45. The maximum absolute atomic E-state index is 12.3. The monoisotopic (exact) mass is 291 g/mol. The first kappa shape index (κ1) is 14.4. The van der Waals surface area contributed by atoms with Crippen LogP contribution in [0.2, 0.25) is 0 Å². The van der Waals surface area contributed by atoms with Gasteiger partial charge in [-0.1, -0.05) is 12.1 Å². The van der Waals surface area contributed by atoms with Crippen LogP contribution < -0.4 is 0 Å². The van der Waals surface area contributed by atoms with Crippen LogP contribution in [0.4, 0.5) is 8.78 Å². The van der Waals surface area contributed by atoms with Crippen LogP contribution in [-0.4, -0.2) is 43.4 Å². The fraction of sp³-hybridized carbons (Fsp3) is 0.500. The molecule has 1 saturated heterocycles. The summed E-state index contributed by atoms with van der Waals surface area (Å²) in [5, 5.41) is 9.39. The Bertz CT molecular complexity index is 530. The molecule has 1 N–H and O–H groups in total. The van der Waals surface area contributed by atoms with Crippen LogP contribution >= 0.6 is 0 Å². The number of alkyl halides is 2. The van der Waals surface area contributed by atoms with Gasteiger partial charge in [-0.2, -0.15) is 8.78 Å². The molecule has 1 fully saturated rings. The van der Waals surface area contributed by atoms with Gasteiger partial charge in [-0.15, -0.1) is 0 Å². The Morgan fingerprint density at radius 1 is 1.32 bits per heavy atom. The minimum absolute atomic E-state index is 0.321. The maximum atomic E-state index is 12.3. The average molecular weight is 291 g/mol. The van der Waals surface area contributed by atoms with Crippen molar-refractivity contribution in [2.45, 2.75) is 29.7 Å². The number of hydrogen-bond donors (Lipinski definition) is 1. The lowest BCUT2D eigenvalue weighted by Crippen LogP contribution is -2.21. The van der Waals surface area contributed by atoms with Crippen LogP contribution in [0, 0.1) is 0 Å². The third-order valence-corrected chi connectivity index (χ3v) is 4.54. The van der Waals surface area contributed by atoms with Crippen molar-refractivity contribution in [1.29, 1.82) is 0 Å². The summed E-state index contributed by atoms with van der Waals surface area (Å²) >= 11 is 0. The average Bonchev–Trinajstić information content (AvgIpc) is 2.75. The van der Waals surface area contributed by atoms with Crippen LogP contribution in [0.1, 0.15) is 12.0 Å². The summed E-state index contributed by atoms with van der Waals surface area (Å²) in [7, 11) is -4.52. The Labute approximate surface area is 110 Å². The molecule has 1 atom stereocenters. The number of hydrogen-bond acceptors (Lipinski definition) is 4. The molecule has 0 spiro atoms. The topological polar surface area (TPSA) is 57.6 Å². The number of sulfone groups is 1. The van der Waals surface area contributed by atoms with E-state index in [0.29, 0.717) is 13.1 Å². The molecule has 1 aliphatic heterocycles.